The Morgan fingerprint density at radius 1 is 1.00 bits per heavy atom. The van der Waals surface area contributed by atoms with Crippen LogP contribution in [0.4, 0.5) is 10.2 Å². The summed E-state index contributed by atoms with van der Waals surface area (Å²) in [7, 11) is 0. The quantitative estimate of drug-likeness (QED) is 0.584. The van der Waals surface area contributed by atoms with Crippen molar-refractivity contribution in [3.63, 3.8) is 0 Å². The number of pyridine rings is 1. The first-order valence-corrected chi connectivity index (χ1v) is 8.32. The largest absolute Gasteiger partial charge is 0.367 e. The SMILES string of the molecule is NCCNc1nccc2c3ccccc3n(Cc3ccc(F)cc3)c12. The maximum Gasteiger partial charge on any atom is 0.150 e. The topological polar surface area (TPSA) is 55.9 Å². The molecule has 4 rings (SSSR count). The van der Waals surface area contributed by atoms with Crippen LogP contribution in [0.2, 0.25) is 0 Å². The summed E-state index contributed by atoms with van der Waals surface area (Å²) in [6.45, 7) is 1.84. The molecule has 0 aliphatic carbocycles. The summed E-state index contributed by atoms with van der Waals surface area (Å²) in [5, 5.41) is 5.64. The molecule has 0 aliphatic rings. The monoisotopic (exact) mass is 334 g/mol. The number of rotatable bonds is 5. The van der Waals surface area contributed by atoms with E-state index in [0.717, 1.165) is 27.8 Å². The Morgan fingerprint density at radius 3 is 2.60 bits per heavy atom. The van der Waals surface area contributed by atoms with Crippen molar-refractivity contribution in [3.05, 3.63) is 72.2 Å². The summed E-state index contributed by atoms with van der Waals surface area (Å²) >= 11 is 0. The van der Waals surface area contributed by atoms with Crippen LogP contribution in [0.15, 0.2) is 60.8 Å². The van der Waals surface area contributed by atoms with Crippen LogP contribution < -0.4 is 11.1 Å². The van der Waals surface area contributed by atoms with Crippen molar-refractivity contribution >= 4 is 27.6 Å². The van der Waals surface area contributed by atoms with E-state index in [0.29, 0.717) is 19.6 Å². The van der Waals surface area contributed by atoms with Crippen molar-refractivity contribution in [2.75, 3.05) is 18.4 Å². The lowest BCUT2D eigenvalue weighted by Crippen LogP contribution is -2.14. The lowest BCUT2D eigenvalue weighted by atomic mass is 10.2. The van der Waals surface area contributed by atoms with Crippen molar-refractivity contribution < 1.29 is 4.39 Å². The molecule has 0 spiro atoms. The molecule has 0 fully saturated rings. The lowest BCUT2D eigenvalue weighted by molar-refractivity contribution is 0.626. The first-order valence-electron chi connectivity index (χ1n) is 8.32. The maximum absolute atomic E-state index is 13.2. The first kappa shape index (κ1) is 15.6. The van der Waals surface area contributed by atoms with Crippen LogP contribution in [0.5, 0.6) is 0 Å². The zero-order valence-corrected chi connectivity index (χ0v) is 13.7. The highest BCUT2D eigenvalue weighted by atomic mass is 19.1. The highest BCUT2D eigenvalue weighted by Crippen LogP contribution is 2.33. The summed E-state index contributed by atoms with van der Waals surface area (Å²) < 4.78 is 15.5. The third-order valence-corrected chi connectivity index (χ3v) is 4.37. The standard InChI is InChI=1S/C20H19FN4/c21-15-7-5-14(6-8-15)13-25-18-4-2-1-3-16(18)17-9-11-23-20(19(17)25)24-12-10-22/h1-9,11H,10,12-13,22H2,(H,23,24). The van der Waals surface area contributed by atoms with Crippen molar-refractivity contribution in [1.29, 1.82) is 0 Å². The van der Waals surface area contributed by atoms with E-state index >= 15 is 0 Å². The Bertz CT molecular complexity index is 1020. The van der Waals surface area contributed by atoms with Crippen LogP contribution in [0.25, 0.3) is 21.8 Å². The van der Waals surface area contributed by atoms with E-state index in [4.69, 9.17) is 5.73 Å². The van der Waals surface area contributed by atoms with Crippen molar-refractivity contribution in [2.24, 2.45) is 5.73 Å². The molecule has 0 radical (unpaired) electrons. The van der Waals surface area contributed by atoms with E-state index in [2.05, 4.69) is 27.0 Å². The predicted molar refractivity (Wildman–Crippen MR) is 100 cm³/mol. The molecule has 25 heavy (non-hydrogen) atoms. The fourth-order valence-corrected chi connectivity index (χ4v) is 3.26. The molecule has 5 heteroatoms. The van der Waals surface area contributed by atoms with E-state index in [1.54, 1.807) is 0 Å². The molecule has 4 aromatic rings. The Morgan fingerprint density at radius 2 is 1.80 bits per heavy atom. The Kier molecular flexibility index (Phi) is 4.07. The van der Waals surface area contributed by atoms with Gasteiger partial charge in [-0.1, -0.05) is 30.3 Å². The van der Waals surface area contributed by atoms with Gasteiger partial charge in [0.25, 0.3) is 0 Å². The molecule has 0 atom stereocenters. The molecule has 0 saturated carbocycles. The van der Waals surface area contributed by atoms with Gasteiger partial charge in [0.15, 0.2) is 5.82 Å². The van der Waals surface area contributed by atoms with Crippen LogP contribution in [0.1, 0.15) is 5.56 Å². The number of benzene rings is 2. The van der Waals surface area contributed by atoms with Gasteiger partial charge < -0.3 is 15.6 Å². The second-order valence-corrected chi connectivity index (χ2v) is 6.00. The number of nitrogens with zero attached hydrogens (tertiary/aromatic N) is 2. The summed E-state index contributed by atoms with van der Waals surface area (Å²) in [6, 6.07) is 17.0. The fraction of sp³-hybridized carbons (Fsp3) is 0.150. The minimum atomic E-state index is -0.224. The molecule has 3 N–H and O–H groups in total. The van der Waals surface area contributed by atoms with Gasteiger partial charge >= 0.3 is 0 Å². The zero-order valence-electron chi connectivity index (χ0n) is 13.7. The highest BCUT2D eigenvalue weighted by molar-refractivity contribution is 6.11. The molecule has 0 amide bonds. The number of aromatic nitrogens is 2. The molecule has 2 heterocycles. The molecule has 2 aromatic heterocycles. The van der Waals surface area contributed by atoms with Gasteiger partial charge in [-0.05, 0) is 29.8 Å². The maximum atomic E-state index is 13.2. The van der Waals surface area contributed by atoms with Crippen LogP contribution in [0.3, 0.4) is 0 Å². The van der Waals surface area contributed by atoms with Gasteiger partial charge in [0.2, 0.25) is 0 Å². The highest BCUT2D eigenvalue weighted by Gasteiger charge is 2.14. The summed E-state index contributed by atoms with van der Waals surface area (Å²) in [5.74, 6) is 0.596. The molecule has 0 bridgehead atoms. The zero-order chi connectivity index (χ0) is 17.2. The van der Waals surface area contributed by atoms with Gasteiger partial charge in [0, 0.05) is 42.1 Å². The molecule has 0 unspecified atom stereocenters. The average molecular weight is 334 g/mol. The summed E-state index contributed by atoms with van der Waals surface area (Å²) in [4.78, 5) is 4.51. The molecule has 2 aromatic carbocycles. The Balaban J connectivity index is 1.93. The van der Waals surface area contributed by atoms with Crippen LogP contribution in [-0.2, 0) is 6.54 Å². The minimum Gasteiger partial charge on any atom is -0.367 e. The normalized spacial score (nSPS) is 11.3. The van der Waals surface area contributed by atoms with Gasteiger partial charge in [-0.25, -0.2) is 9.37 Å². The Labute approximate surface area is 145 Å². The van der Waals surface area contributed by atoms with Gasteiger partial charge in [0.05, 0.1) is 5.52 Å². The summed E-state index contributed by atoms with van der Waals surface area (Å²) in [5.41, 5.74) is 8.85. The number of hydrogen-bond acceptors (Lipinski definition) is 3. The molecular weight excluding hydrogens is 315 g/mol. The second kappa shape index (κ2) is 6.53. The van der Waals surface area contributed by atoms with Crippen LogP contribution in [0, 0.1) is 5.82 Å². The minimum absolute atomic E-state index is 0.224. The van der Waals surface area contributed by atoms with Crippen molar-refractivity contribution in [2.45, 2.75) is 6.54 Å². The van der Waals surface area contributed by atoms with Crippen molar-refractivity contribution in [3.8, 4) is 0 Å². The number of nitrogens with one attached hydrogen (secondary N) is 1. The van der Waals surface area contributed by atoms with Crippen LogP contribution in [-0.4, -0.2) is 22.6 Å². The van der Waals surface area contributed by atoms with E-state index < -0.39 is 0 Å². The number of nitrogens with two attached hydrogens (primary N) is 1. The van der Waals surface area contributed by atoms with Gasteiger partial charge in [-0.3, -0.25) is 0 Å². The van der Waals surface area contributed by atoms with E-state index in [1.807, 2.05) is 36.5 Å². The van der Waals surface area contributed by atoms with Gasteiger partial charge in [0.1, 0.15) is 5.82 Å². The summed E-state index contributed by atoms with van der Waals surface area (Å²) in [6.07, 6.45) is 1.82. The molecule has 126 valence electrons. The van der Waals surface area contributed by atoms with Gasteiger partial charge in [-0.2, -0.15) is 0 Å². The third kappa shape index (κ3) is 2.83. The number of anilines is 1. The fourth-order valence-electron chi connectivity index (χ4n) is 3.26. The van der Waals surface area contributed by atoms with Gasteiger partial charge in [-0.15, -0.1) is 0 Å². The third-order valence-electron chi connectivity index (χ3n) is 4.37. The molecule has 0 aliphatic heterocycles. The van der Waals surface area contributed by atoms with Crippen molar-refractivity contribution in [1.82, 2.24) is 9.55 Å². The van der Waals surface area contributed by atoms with E-state index in [1.165, 1.54) is 17.5 Å². The number of hydrogen-bond donors (Lipinski definition) is 2. The lowest BCUT2D eigenvalue weighted by Gasteiger charge is -2.11. The second-order valence-electron chi connectivity index (χ2n) is 6.00. The number of para-hydroxylation sites is 1. The molecule has 0 saturated heterocycles. The molecular formula is C20H19FN4. The van der Waals surface area contributed by atoms with Crippen LogP contribution >= 0.6 is 0 Å². The first-order chi connectivity index (χ1) is 12.3. The number of fused-ring (bicyclic) bond motifs is 3. The van der Waals surface area contributed by atoms with E-state index in [9.17, 15) is 4.39 Å². The smallest absolute Gasteiger partial charge is 0.150 e. The average Bonchev–Trinajstić information content (AvgIpc) is 2.97. The molecule has 4 nitrogen and oxygen atoms in total. The van der Waals surface area contributed by atoms with E-state index in [-0.39, 0.29) is 5.82 Å². The predicted octanol–water partition coefficient (Wildman–Crippen LogP) is 3.75. The number of halogens is 1. The Hall–Kier alpha value is -2.92.